The van der Waals surface area contributed by atoms with Crippen molar-refractivity contribution in [3.8, 4) is 5.75 Å². The Kier molecular flexibility index (Phi) is 9.31. The normalized spacial score (nSPS) is 18.4. The summed E-state index contributed by atoms with van der Waals surface area (Å²) in [5.41, 5.74) is 1.03. The van der Waals surface area contributed by atoms with Gasteiger partial charge < -0.3 is 19.9 Å². The van der Waals surface area contributed by atoms with Crippen LogP contribution in [-0.4, -0.2) is 42.2 Å². The second-order valence-electron chi connectivity index (χ2n) is 8.97. The first-order valence-corrected chi connectivity index (χ1v) is 13.2. The molecule has 0 fully saturated rings. The maximum absolute atomic E-state index is 13.8. The van der Waals surface area contributed by atoms with E-state index in [4.69, 9.17) is 19.6 Å². The van der Waals surface area contributed by atoms with E-state index >= 15 is 0 Å². The van der Waals surface area contributed by atoms with Crippen LogP contribution < -0.4 is 10.1 Å². The number of hydrogen-bond donors (Lipinski definition) is 2. The van der Waals surface area contributed by atoms with Crippen molar-refractivity contribution in [3.05, 3.63) is 112 Å². The highest BCUT2D eigenvalue weighted by Gasteiger charge is 2.52. The Morgan fingerprint density at radius 3 is 2.63 bits per heavy atom. The third kappa shape index (κ3) is 6.49. The second-order valence-corrected chi connectivity index (χ2v) is 9.88. The fourth-order valence-electron chi connectivity index (χ4n) is 4.34. The number of aliphatic hydroxyl groups excluding tert-OH is 1. The highest BCUT2D eigenvalue weighted by Crippen LogP contribution is 2.43. The van der Waals surface area contributed by atoms with Crippen molar-refractivity contribution >= 4 is 27.7 Å². The average molecular weight is 581 g/mol. The van der Waals surface area contributed by atoms with E-state index in [0.717, 1.165) is 15.6 Å². The van der Waals surface area contributed by atoms with E-state index in [1.54, 1.807) is 24.3 Å². The van der Waals surface area contributed by atoms with Crippen LogP contribution in [0.1, 0.15) is 35.6 Å². The molecule has 4 rings (SSSR count). The lowest BCUT2D eigenvalue weighted by atomic mass is 9.84. The van der Waals surface area contributed by atoms with Gasteiger partial charge in [0.05, 0.1) is 6.61 Å². The van der Waals surface area contributed by atoms with Gasteiger partial charge in [-0.15, -0.1) is 6.58 Å². The smallest absolute Gasteiger partial charge is 0.252 e. The number of aliphatic hydroxyl groups is 1. The Balaban J connectivity index is 1.61. The third-order valence-electron chi connectivity index (χ3n) is 6.25. The highest BCUT2D eigenvalue weighted by molar-refractivity contribution is 9.10. The molecule has 0 unspecified atom stereocenters. The van der Waals surface area contributed by atoms with Gasteiger partial charge in [0.1, 0.15) is 11.6 Å². The first kappa shape index (κ1) is 27.5. The number of benzene rings is 3. The van der Waals surface area contributed by atoms with Gasteiger partial charge in [0.15, 0.2) is 11.6 Å². The maximum atomic E-state index is 13.8. The summed E-state index contributed by atoms with van der Waals surface area (Å²) in [6.07, 6.45) is 2.27. The van der Waals surface area contributed by atoms with Crippen LogP contribution in [0, 0.1) is 5.82 Å². The quantitative estimate of drug-likeness (QED) is 0.218. The molecular weight excluding hydrogens is 551 g/mol. The summed E-state index contributed by atoms with van der Waals surface area (Å²) in [6.45, 7) is 4.69. The molecule has 38 heavy (non-hydrogen) atoms. The van der Waals surface area contributed by atoms with Crippen LogP contribution in [0.5, 0.6) is 5.75 Å². The zero-order valence-electron chi connectivity index (χ0n) is 20.9. The summed E-state index contributed by atoms with van der Waals surface area (Å²) in [5, 5.41) is 12.0. The number of carbonyl (C=O) groups is 1. The Morgan fingerprint density at radius 1 is 1.18 bits per heavy atom. The number of ether oxygens (including phenoxy) is 2. The van der Waals surface area contributed by atoms with Gasteiger partial charge >= 0.3 is 0 Å². The summed E-state index contributed by atoms with van der Waals surface area (Å²) in [4.78, 5) is 18.6. The van der Waals surface area contributed by atoms with Crippen molar-refractivity contribution in [2.45, 2.75) is 30.9 Å². The van der Waals surface area contributed by atoms with E-state index in [1.165, 1.54) is 12.1 Å². The number of nitrogens with zero attached hydrogens (tertiary/aromatic N) is 1. The molecule has 0 spiro atoms. The molecule has 6 nitrogen and oxygen atoms in total. The Morgan fingerprint density at radius 2 is 1.95 bits per heavy atom. The number of nitrogens with one attached hydrogen (secondary N) is 1. The highest BCUT2D eigenvalue weighted by atomic mass is 79.9. The molecule has 0 aromatic heterocycles. The minimum atomic E-state index is -1.27. The van der Waals surface area contributed by atoms with E-state index in [2.05, 4.69) is 27.8 Å². The standard InChI is InChI=1S/C30H30BrFN2O4/c1-2-16-30(29(36)33-17-15-21-5-3-6-25(32)20-21)27(22-7-11-24(31)12-8-22)38-28(34-30)23-9-13-26(14-10-23)37-19-4-18-35/h2-3,5-14,20,27,35H,1,4,15-19H2,(H,33,36)/t27-,30-/m1/s1. The number of carbonyl (C=O) groups excluding carboxylic acids is 1. The molecule has 0 radical (unpaired) electrons. The van der Waals surface area contributed by atoms with Crippen LogP contribution in [0.25, 0.3) is 0 Å². The van der Waals surface area contributed by atoms with Gasteiger partial charge in [-0.2, -0.15) is 0 Å². The minimum absolute atomic E-state index is 0.0653. The average Bonchev–Trinajstić information content (AvgIpc) is 3.30. The molecule has 2 N–H and O–H groups in total. The molecule has 0 aliphatic carbocycles. The van der Waals surface area contributed by atoms with Gasteiger partial charge in [-0.05, 0) is 66.1 Å². The third-order valence-corrected chi connectivity index (χ3v) is 6.78. The fourth-order valence-corrected chi connectivity index (χ4v) is 4.60. The van der Waals surface area contributed by atoms with Gasteiger partial charge in [-0.3, -0.25) is 4.79 Å². The molecule has 0 bridgehead atoms. The first-order valence-electron chi connectivity index (χ1n) is 12.4. The van der Waals surface area contributed by atoms with Gasteiger partial charge in [-0.1, -0.05) is 46.3 Å². The molecule has 198 valence electrons. The Labute approximate surface area is 230 Å². The first-order chi connectivity index (χ1) is 18.4. The molecule has 0 saturated heterocycles. The van der Waals surface area contributed by atoms with E-state index < -0.39 is 11.6 Å². The number of hydrogen-bond acceptors (Lipinski definition) is 5. The molecule has 2 atom stereocenters. The molecule has 1 aliphatic heterocycles. The molecule has 1 amide bonds. The fraction of sp³-hybridized carbons (Fsp3) is 0.267. The lowest BCUT2D eigenvalue weighted by Crippen LogP contribution is -2.48. The second kappa shape index (κ2) is 12.8. The lowest BCUT2D eigenvalue weighted by molar-refractivity contribution is -0.128. The van der Waals surface area contributed by atoms with Crippen molar-refractivity contribution in [2.24, 2.45) is 4.99 Å². The summed E-state index contributed by atoms with van der Waals surface area (Å²) in [6, 6.07) is 21.2. The largest absolute Gasteiger partial charge is 0.494 e. The van der Waals surface area contributed by atoms with Crippen LogP contribution in [0.4, 0.5) is 4.39 Å². The van der Waals surface area contributed by atoms with E-state index in [9.17, 15) is 9.18 Å². The predicted molar refractivity (Wildman–Crippen MR) is 149 cm³/mol. The van der Waals surface area contributed by atoms with E-state index in [-0.39, 0.29) is 24.8 Å². The van der Waals surface area contributed by atoms with E-state index in [0.29, 0.717) is 43.2 Å². The van der Waals surface area contributed by atoms with Crippen LogP contribution in [0.3, 0.4) is 0 Å². The molecule has 1 heterocycles. The number of halogens is 2. The summed E-state index contributed by atoms with van der Waals surface area (Å²) in [5.74, 6) is 0.413. The van der Waals surface area contributed by atoms with Crippen molar-refractivity contribution in [3.63, 3.8) is 0 Å². The number of amides is 1. The maximum Gasteiger partial charge on any atom is 0.252 e. The van der Waals surface area contributed by atoms with Gasteiger partial charge in [0, 0.05) is 36.0 Å². The van der Waals surface area contributed by atoms with Gasteiger partial charge in [-0.25, -0.2) is 9.38 Å². The SMILES string of the molecule is C=CC[C@@]1(C(=O)NCCc2cccc(F)c2)N=C(c2ccc(OCCCO)cc2)O[C@@H]1c1ccc(Br)cc1. The number of rotatable bonds is 12. The zero-order chi connectivity index (χ0) is 27.0. The molecular formula is C30H30BrFN2O4. The van der Waals surface area contributed by atoms with Gasteiger partial charge in [0.2, 0.25) is 5.90 Å². The molecule has 3 aromatic carbocycles. The van der Waals surface area contributed by atoms with Crippen molar-refractivity contribution in [2.75, 3.05) is 19.8 Å². The van der Waals surface area contributed by atoms with Crippen molar-refractivity contribution in [1.82, 2.24) is 5.32 Å². The Bertz CT molecular complexity index is 1280. The van der Waals surface area contributed by atoms with Crippen molar-refractivity contribution in [1.29, 1.82) is 0 Å². The summed E-state index contributed by atoms with van der Waals surface area (Å²) in [7, 11) is 0. The molecule has 1 aliphatic rings. The summed E-state index contributed by atoms with van der Waals surface area (Å²) >= 11 is 3.46. The topological polar surface area (TPSA) is 80.2 Å². The van der Waals surface area contributed by atoms with Crippen LogP contribution in [-0.2, 0) is 16.0 Å². The molecule has 0 saturated carbocycles. The van der Waals surface area contributed by atoms with Crippen LogP contribution in [0.15, 0.2) is 94.9 Å². The molecule has 3 aromatic rings. The van der Waals surface area contributed by atoms with Crippen molar-refractivity contribution < 1.29 is 23.8 Å². The zero-order valence-corrected chi connectivity index (χ0v) is 22.5. The van der Waals surface area contributed by atoms with Crippen LogP contribution in [0.2, 0.25) is 0 Å². The number of aliphatic imine (C=N–C) groups is 1. The molecule has 8 heteroatoms. The van der Waals surface area contributed by atoms with E-state index in [1.807, 2.05) is 42.5 Å². The minimum Gasteiger partial charge on any atom is -0.494 e. The lowest BCUT2D eigenvalue weighted by Gasteiger charge is -2.29. The van der Waals surface area contributed by atoms with Gasteiger partial charge in [0.25, 0.3) is 5.91 Å². The monoisotopic (exact) mass is 580 g/mol. The Hall–Kier alpha value is -3.49. The summed E-state index contributed by atoms with van der Waals surface area (Å²) < 4.78 is 26.5. The van der Waals surface area contributed by atoms with Crippen LogP contribution >= 0.6 is 15.9 Å². The predicted octanol–water partition coefficient (Wildman–Crippen LogP) is 5.54.